The van der Waals surface area contributed by atoms with Crippen LogP contribution in [0.4, 0.5) is 18.9 Å². The van der Waals surface area contributed by atoms with Crippen molar-refractivity contribution in [1.82, 2.24) is 4.90 Å². The minimum atomic E-state index is -4.41. The average Bonchev–Trinajstić information content (AvgIpc) is 2.41. The maximum atomic E-state index is 12.7. The summed E-state index contributed by atoms with van der Waals surface area (Å²) >= 11 is 3.19. The Balaban J connectivity index is 2.94. The summed E-state index contributed by atoms with van der Waals surface area (Å²) in [6, 6.07) is 2.70. The number of hydrogen-bond acceptors (Lipinski definition) is 2. The molecule has 0 aliphatic heterocycles. The van der Waals surface area contributed by atoms with Gasteiger partial charge in [-0.2, -0.15) is 13.2 Å². The highest BCUT2D eigenvalue weighted by atomic mass is 79.9. The van der Waals surface area contributed by atoms with E-state index in [4.69, 9.17) is 0 Å². The minimum absolute atomic E-state index is 0.149. The molecule has 7 heteroatoms. The number of carbonyl (C=O) groups is 1. The van der Waals surface area contributed by atoms with E-state index in [1.807, 2.05) is 13.8 Å². The van der Waals surface area contributed by atoms with Crippen molar-refractivity contribution in [2.75, 3.05) is 18.4 Å². The van der Waals surface area contributed by atoms with E-state index < -0.39 is 17.8 Å². The summed E-state index contributed by atoms with van der Waals surface area (Å²) in [6.07, 6.45) is -4.41. The van der Waals surface area contributed by atoms with Crippen LogP contribution in [0.15, 0.2) is 22.7 Å². The molecule has 0 aromatic heterocycles. The zero-order valence-electron chi connectivity index (χ0n) is 12.1. The second-order valence-corrected chi connectivity index (χ2v) is 5.42. The monoisotopic (exact) mass is 366 g/mol. The summed E-state index contributed by atoms with van der Waals surface area (Å²) in [4.78, 5) is 13.8. The lowest BCUT2D eigenvalue weighted by Crippen LogP contribution is -2.41. The Labute approximate surface area is 130 Å². The molecule has 0 bridgehead atoms. The largest absolute Gasteiger partial charge is 0.416 e. The Kier molecular flexibility index (Phi) is 6.07. The lowest BCUT2D eigenvalue weighted by molar-refractivity contribution is -0.137. The Morgan fingerprint density at radius 1 is 1.33 bits per heavy atom. The zero-order chi connectivity index (χ0) is 16.2. The van der Waals surface area contributed by atoms with E-state index in [0.29, 0.717) is 17.6 Å². The van der Waals surface area contributed by atoms with E-state index in [9.17, 15) is 18.0 Å². The average molecular weight is 367 g/mol. The SMILES string of the molecule is CCN(CC)C(=O)C(C)Nc1cc(C(F)(F)F)ccc1Br. The molecule has 21 heavy (non-hydrogen) atoms. The Morgan fingerprint density at radius 3 is 2.38 bits per heavy atom. The number of amides is 1. The highest BCUT2D eigenvalue weighted by molar-refractivity contribution is 9.10. The number of nitrogens with zero attached hydrogens (tertiary/aromatic N) is 1. The standard InChI is InChI=1S/C14H18BrF3N2O/c1-4-20(5-2)13(21)9(3)19-12-8-10(14(16,17)18)6-7-11(12)15/h6-9,19H,4-5H2,1-3H3. The molecule has 0 saturated carbocycles. The topological polar surface area (TPSA) is 32.3 Å². The highest BCUT2D eigenvalue weighted by Gasteiger charge is 2.31. The maximum absolute atomic E-state index is 12.7. The fourth-order valence-corrected chi connectivity index (χ4v) is 2.28. The first-order valence-corrected chi connectivity index (χ1v) is 7.42. The van der Waals surface area contributed by atoms with Gasteiger partial charge < -0.3 is 10.2 Å². The maximum Gasteiger partial charge on any atom is 0.416 e. The molecule has 0 spiro atoms. The summed E-state index contributed by atoms with van der Waals surface area (Å²) in [7, 11) is 0. The van der Waals surface area contributed by atoms with Gasteiger partial charge in [0.05, 0.1) is 5.56 Å². The van der Waals surface area contributed by atoms with Crippen molar-refractivity contribution < 1.29 is 18.0 Å². The van der Waals surface area contributed by atoms with E-state index in [0.717, 1.165) is 12.1 Å². The van der Waals surface area contributed by atoms with E-state index in [1.165, 1.54) is 6.07 Å². The summed E-state index contributed by atoms with van der Waals surface area (Å²) < 4.78 is 38.6. The zero-order valence-corrected chi connectivity index (χ0v) is 13.7. The molecule has 0 aliphatic carbocycles. The number of halogens is 4. The summed E-state index contributed by atoms with van der Waals surface area (Å²) in [5.74, 6) is -0.149. The van der Waals surface area contributed by atoms with Gasteiger partial charge in [0.25, 0.3) is 0 Å². The molecule has 1 aromatic carbocycles. The number of alkyl halides is 3. The molecule has 118 valence electrons. The Bertz CT molecular complexity index is 501. The summed E-state index contributed by atoms with van der Waals surface area (Å²) in [6.45, 7) is 6.46. The lowest BCUT2D eigenvalue weighted by atomic mass is 10.1. The van der Waals surface area contributed by atoms with E-state index >= 15 is 0 Å². The van der Waals surface area contributed by atoms with Crippen LogP contribution < -0.4 is 5.32 Å². The molecule has 1 unspecified atom stereocenters. The van der Waals surface area contributed by atoms with Gasteiger partial charge in [-0.1, -0.05) is 0 Å². The van der Waals surface area contributed by atoms with Gasteiger partial charge in [-0.3, -0.25) is 4.79 Å². The minimum Gasteiger partial charge on any atom is -0.373 e. The number of hydrogen-bond donors (Lipinski definition) is 1. The Morgan fingerprint density at radius 2 is 1.90 bits per heavy atom. The fourth-order valence-electron chi connectivity index (χ4n) is 1.92. The highest BCUT2D eigenvalue weighted by Crippen LogP contribution is 2.34. The van der Waals surface area contributed by atoms with Crippen LogP contribution in [0.1, 0.15) is 26.3 Å². The molecule has 1 rings (SSSR count). The molecule has 0 fully saturated rings. The van der Waals surface area contributed by atoms with Gasteiger partial charge in [0.2, 0.25) is 5.91 Å². The number of nitrogens with one attached hydrogen (secondary N) is 1. The van der Waals surface area contributed by atoms with Gasteiger partial charge in [0, 0.05) is 23.2 Å². The van der Waals surface area contributed by atoms with E-state index in [-0.39, 0.29) is 11.6 Å². The quantitative estimate of drug-likeness (QED) is 0.849. The van der Waals surface area contributed by atoms with Crippen LogP contribution in [0.25, 0.3) is 0 Å². The van der Waals surface area contributed by atoms with Crippen molar-refractivity contribution in [2.24, 2.45) is 0 Å². The Hall–Kier alpha value is -1.24. The number of carbonyl (C=O) groups excluding carboxylic acids is 1. The lowest BCUT2D eigenvalue weighted by Gasteiger charge is -2.24. The van der Waals surface area contributed by atoms with Crippen LogP contribution in [-0.4, -0.2) is 29.9 Å². The molecule has 1 N–H and O–H groups in total. The molecule has 1 amide bonds. The molecular formula is C14H18BrF3N2O. The van der Waals surface area contributed by atoms with Crippen LogP contribution in [0, 0.1) is 0 Å². The van der Waals surface area contributed by atoms with Gasteiger partial charge in [-0.05, 0) is 54.9 Å². The van der Waals surface area contributed by atoms with Crippen LogP contribution >= 0.6 is 15.9 Å². The first kappa shape index (κ1) is 17.8. The predicted octanol–water partition coefficient (Wildman–Crippen LogP) is 4.14. The number of benzene rings is 1. The number of rotatable bonds is 5. The molecule has 0 saturated heterocycles. The third-order valence-corrected chi connectivity index (χ3v) is 3.80. The smallest absolute Gasteiger partial charge is 0.373 e. The first-order chi connectivity index (χ1) is 9.70. The third-order valence-electron chi connectivity index (χ3n) is 3.11. The van der Waals surface area contributed by atoms with E-state index in [2.05, 4.69) is 21.2 Å². The van der Waals surface area contributed by atoms with E-state index in [1.54, 1.807) is 11.8 Å². The van der Waals surface area contributed by atoms with Crippen LogP contribution in [0.5, 0.6) is 0 Å². The van der Waals surface area contributed by atoms with Gasteiger partial charge in [-0.15, -0.1) is 0 Å². The normalized spacial score (nSPS) is 12.9. The fraction of sp³-hybridized carbons (Fsp3) is 0.500. The van der Waals surface area contributed by atoms with Crippen LogP contribution in [-0.2, 0) is 11.0 Å². The third kappa shape index (κ3) is 4.62. The molecule has 0 aliphatic rings. The van der Waals surface area contributed by atoms with Gasteiger partial charge in [0.1, 0.15) is 6.04 Å². The molecule has 1 atom stereocenters. The van der Waals surface area contributed by atoms with Gasteiger partial charge >= 0.3 is 6.18 Å². The summed E-state index contributed by atoms with van der Waals surface area (Å²) in [5, 5.41) is 2.83. The first-order valence-electron chi connectivity index (χ1n) is 6.62. The van der Waals surface area contributed by atoms with Crippen molar-refractivity contribution in [3.8, 4) is 0 Å². The van der Waals surface area contributed by atoms with Crippen LogP contribution in [0.2, 0.25) is 0 Å². The second-order valence-electron chi connectivity index (χ2n) is 4.57. The van der Waals surface area contributed by atoms with Crippen LogP contribution in [0.3, 0.4) is 0 Å². The van der Waals surface area contributed by atoms with Crippen molar-refractivity contribution in [2.45, 2.75) is 33.0 Å². The van der Waals surface area contributed by atoms with Crippen molar-refractivity contribution in [3.63, 3.8) is 0 Å². The van der Waals surface area contributed by atoms with Gasteiger partial charge in [0.15, 0.2) is 0 Å². The predicted molar refractivity (Wildman–Crippen MR) is 80.2 cm³/mol. The second kappa shape index (κ2) is 7.15. The molecular weight excluding hydrogens is 349 g/mol. The molecule has 0 heterocycles. The number of anilines is 1. The summed E-state index contributed by atoms with van der Waals surface area (Å²) in [5.41, 5.74) is -0.506. The number of likely N-dealkylation sites (N-methyl/N-ethyl adjacent to an activating group) is 1. The van der Waals surface area contributed by atoms with Crippen molar-refractivity contribution in [3.05, 3.63) is 28.2 Å². The van der Waals surface area contributed by atoms with Crippen molar-refractivity contribution >= 4 is 27.5 Å². The van der Waals surface area contributed by atoms with Gasteiger partial charge in [-0.25, -0.2) is 0 Å². The molecule has 3 nitrogen and oxygen atoms in total. The van der Waals surface area contributed by atoms with Crippen molar-refractivity contribution in [1.29, 1.82) is 0 Å². The molecule has 1 aromatic rings. The molecule has 0 radical (unpaired) electrons.